The van der Waals surface area contributed by atoms with Crippen molar-refractivity contribution in [1.29, 1.82) is 0 Å². The Morgan fingerprint density at radius 2 is 1.77 bits per heavy atom. The molecule has 2 aromatic carbocycles. The van der Waals surface area contributed by atoms with Gasteiger partial charge in [-0.3, -0.25) is 4.79 Å². The number of hydrogen-bond donors (Lipinski definition) is 2. The van der Waals surface area contributed by atoms with E-state index in [-0.39, 0.29) is 39.7 Å². The number of nitrogens with one attached hydrogen (secondary N) is 1. The summed E-state index contributed by atoms with van der Waals surface area (Å²) in [7, 11) is -2.12. The zero-order valence-corrected chi connectivity index (χ0v) is 26.0. The Labute approximate surface area is 249 Å². The predicted octanol–water partition coefficient (Wildman–Crippen LogP) is 5.18. The van der Waals surface area contributed by atoms with Crippen LogP contribution < -0.4 is 5.32 Å². The van der Waals surface area contributed by atoms with Gasteiger partial charge in [0.2, 0.25) is 0 Å². The van der Waals surface area contributed by atoms with E-state index >= 15 is 0 Å². The molecule has 234 valence electrons. The number of carbonyl (C=O) groups excluding carboxylic acids is 1. The third kappa shape index (κ3) is 7.63. The van der Waals surface area contributed by atoms with Crippen LogP contribution in [0.15, 0.2) is 52.5 Å². The maximum Gasteiger partial charge on any atom is 0.416 e. The van der Waals surface area contributed by atoms with Crippen molar-refractivity contribution in [1.82, 2.24) is 14.9 Å². The van der Waals surface area contributed by atoms with Crippen LogP contribution in [0.3, 0.4) is 0 Å². The summed E-state index contributed by atoms with van der Waals surface area (Å²) in [5.41, 5.74) is -0.140. The lowest BCUT2D eigenvalue weighted by Gasteiger charge is -2.22. The molecule has 0 aliphatic heterocycles. The van der Waals surface area contributed by atoms with Gasteiger partial charge < -0.3 is 19.8 Å². The van der Waals surface area contributed by atoms with E-state index < -0.39 is 45.5 Å². The maximum atomic E-state index is 14.2. The number of rotatable bonds is 10. The maximum absolute atomic E-state index is 14.2. The number of aromatic nitrogens is 2. The molecule has 43 heavy (non-hydrogen) atoms. The molecule has 1 atom stereocenters. The van der Waals surface area contributed by atoms with Gasteiger partial charge in [0.05, 0.1) is 34.6 Å². The van der Waals surface area contributed by atoms with Crippen molar-refractivity contribution < 1.29 is 36.3 Å². The molecule has 1 aromatic heterocycles. The van der Waals surface area contributed by atoms with E-state index in [9.17, 15) is 31.5 Å². The van der Waals surface area contributed by atoms with Gasteiger partial charge in [-0.25, -0.2) is 13.4 Å². The summed E-state index contributed by atoms with van der Waals surface area (Å²) in [6.45, 7) is 9.52. The van der Waals surface area contributed by atoms with Gasteiger partial charge in [0.15, 0.2) is 9.84 Å². The Hall–Kier alpha value is -3.71. The van der Waals surface area contributed by atoms with Crippen LogP contribution >= 0.6 is 0 Å². The number of alkyl halides is 3. The lowest BCUT2D eigenvalue weighted by Crippen LogP contribution is -2.31. The van der Waals surface area contributed by atoms with Crippen LogP contribution in [0.2, 0.25) is 0 Å². The van der Waals surface area contributed by atoms with Crippen LogP contribution in [0.1, 0.15) is 84.9 Å². The molecule has 0 unspecified atom stereocenters. The summed E-state index contributed by atoms with van der Waals surface area (Å²) in [4.78, 5) is 22.8. The Morgan fingerprint density at radius 1 is 1.14 bits per heavy atom. The average molecular weight is 623 g/mol. The van der Waals surface area contributed by atoms with Crippen LogP contribution in [0, 0.1) is 6.92 Å². The van der Waals surface area contributed by atoms with E-state index in [0.717, 1.165) is 6.07 Å². The second kappa shape index (κ2) is 12.9. The monoisotopic (exact) mass is 622 g/mol. The number of nitrogens with zero attached hydrogens (tertiary/aromatic N) is 3. The fourth-order valence-corrected chi connectivity index (χ4v) is 5.50. The molecule has 2 N–H and O–H groups in total. The second-order valence-electron chi connectivity index (χ2n) is 11.1. The minimum atomic E-state index is -4.66. The minimum Gasteiger partial charge on any atom is -0.399 e. The molecule has 13 heteroatoms. The number of benzene rings is 2. The van der Waals surface area contributed by atoms with Crippen molar-refractivity contribution in [2.45, 2.75) is 70.6 Å². The SMILES string of the molecule is CCS(=O)(=O)c1ccc([C@H](CO)NC(=O)c2nc(C(C)(C)C)n(Cc3ccc(/C(C)=N\OC)cc3C(F)(F)F)c2C)cc1. The van der Waals surface area contributed by atoms with Gasteiger partial charge in [-0.2, -0.15) is 13.2 Å². The molecule has 1 amide bonds. The van der Waals surface area contributed by atoms with Crippen molar-refractivity contribution in [3.63, 3.8) is 0 Å². The van der Waals surface area contributed by atoms with Crippen LogP contribution in [0.5, 0.6) is 0 Å². The highest BCUT2D eigenvalue weighted by molar-refractivity contribution is 7.91. The summed E-state index contributed by atoms with van der Waals surface area (Å²) in [6.07, 6.45) is -4.66. The first kappa shape index (κ1) is 33.8. The van der Waals surface area contributed by atoms with Gasteiger partial charge in [-0.15, -0.1) is 0 Å². The second-order valence-corrected chi connectivity index (χ2v) is 13.4. The smallest absolute Gasteiger partial charge is 0.399 e. The fraction of sp³-hybridized carbons (Fsp3) is 0.433. The van der Waals surface area contributed by atoms with Gasteiger partial charge in [-0.1, -0.05) is 57.1 Å². The number of imidazole rings is 1. The quantitative estimate of drug-likeness (QED) is 0.237. The number of sulfone groups is 1. The number of carbonyl (C=O) groups is 1. The van der Waals surface area contributed by atoms with Crippen molar-refractivity contribution in [3.8, 4) is 0 Å². The molecule has 0 aliphatic carbocycles. The average Bonchev–Trinajstić information content (AvgIpc) is 3.27. The molecule has 0 radical (unpaired) electrons. The summed E-state index contributed by atoms with van der Waals surface area (Å²) in [5.74, 6) is -0.302. The molecule has 0 saturated carbocycles. The molecule has 0 spiro atoms. The first-order chi connectivity index (χ1) is 19.9. The molecule has 0 bridgehead atoms. The van der Waals surface area contributed by atoms with Crippen LogP contribution in [0.25, 0.3) is 0 Å². The van der Waals surface area contributed by atoms with Crippen LogP contribution in [-0.2, 0) is 32.8 Å². The number of aliphatic hydroxyl groups excluding tert-OH is 1. The first-order valence-electron chi connectivity index (χ1n) is 13.5. The molecular formula is C30H37F3N4O5S. The summed E-state index contributed by atoms with van der Waals surface area (Å²) in [6, 6.07) is 8.89. The van der Waals surface area contributed by atoms with Crippen molar-refractivity contribution in [2.24, 2.45) is 5.16 Å². The third-order valence-electron chi connectivity index (χ3n) is 7.01. The lowest BCUT2D eigenvalue weighted by atomic mass is 9.95. The summed E-state index contributed by atoms with van der Waals surface area (Å²) < 4.78 is 68.4. The zero-order chi connectivity index (χ0) is 32.3. The van der Waals surface area contributed by atoms with Gasteiger partial charge in [0.25, 0.3) is 5.91 Å². The van der Waals surface area contributed by atoms with Crippen molar-refractivity contribution >= 4 is 21.5 Å². The highest BCUT2D eigenvalue weighted by Crippen LogP contribution is 2.35. The third-order valence-corrected chi connectivity index (χ3v) is 8.76. The topological polar surface area (TPSA) is 123 Å². The van der Waals surface area contributed by atoms with E-state index in [1.165, 1.54) is 50.4 Å². The number of oxime groups is 1. The Bertz CT molecular complexity index is 1610. The van der Waals surface area contributed by atoms with Gasteiger partial charge in [0.1, 0.15) is 18.6 Å². The standard InChI is InChI=1S/C30H37F3N4O5S/c1-8-43(40,41)23-13-11-20(12-14-23)25(17-38)34-27(39)26-19(3)37(28(35-26)29(4,5)6)16-22-10-9-21(18(2)36-42-7)15-24(22)30(31,32)33/h9-15,25,38H,8,16-17H2,1-7H3,(H,34,39)/b36-18-/t25-/m0/s1. The highest BCUT2D eigenvalue weighted by Gasteiger charge is 2.35. The van der Waals surface area contributed by atoms with Crippen molar-refractivity contribution in [2.75, 3.05) is 19.5 Å². The van der Waals surface area contributed by atoms with Crippen LogP contribution in [-0.4, -0.2) is 54.2 Å². The Kier molecular flexibility index (Phi) is 10.1. The molecule has 3 rings (SSSR count). The molecule has 0 saturated heterocycles. The highest BCUT2D eigenvalue weighted by atomic mass is 32.2. The van der Waals surface area contributed by atoms with Gasteiger partial charge in [-0.05, 0) is 48.7 Å². The van der Waals surface area contributed by atoms with E-state index in [0.29, 0.717) is 17.1 Å². The molecule has 0 aliphatic rings. The molecular weight excluding hydrogens is 585 g/mol. The Morgan fingerprint density at radius 3 is 2.28 bits per heavy atom. The molecule has 0 fully saturated rings. The van der Waals surface area contributed by atoms with E-state index in [2.05, 4.69) is 15.5 Å². The first-order valence-corrected chi connectivity index (χ1v) is 15.2. The normalized spacial score (nSPS) is 13.6. The molecule has 3 aromatic rings. The Balaban J connectivity index is 2.02. The number of hydrogen-bond acceptors (Lipinski definition) is 7. The van der Waals surface area contributed by atoms with E-state index in [1.807, 2.05) is 20.8 Å². The number of amides is 1. The number of aliphatic hydroxyl groups is 1. The summed E-state index contributed by atoms with van der Waals surface area (Å²) >= 11 is 0. The van der Waals surface area contributed by atoms with E-state index in [4.69, 9.17) is 4.84 Å². The fourth-order valence-electron chi connectivity index (χ4n) is 4.61. The van der Waals surface area contributed by atoms with Gasteiger partial charge >= 0.3 is 6.18 Å². The molecule has 9 nitrogen and oxygen atoms in total. The number of halogens is 3. The predicted molar refractivity (Wildman–Crippen MR) is 157 cm³/mol. The zero-order valence-electron chi connectivity index (χ0n) is 25.2. The van der Waals surface area contributed by atoms with Crippen molar-refractivity contribution in [3.05, 3.63) is 81.9 Å². The van der Waals surface area contributed by atoms with Crippen LogP contribution in [0.4, 0.5) is 13.2 Å². The minimum absolute atomic E-state index is 0.00167. The van der Waals surface area contributed by atoms with Gasteiger partial charge in [0, 0.05) is 17.7 Å². The summed E-state index contributed by atoms with van der Waals surface area (Å²) in [5, 5.41) is 16.5. The van der Waals surface area contributed by atoms with E-state index in [1.54, 1.807) is 18.4 Å². The molecule has 1 heterocycles. The largest absolute Gasteiger partial charge is 0.416 e. The lowest BCUT2D eigenvalue weighted by molar-refractivity contribution is -0.138.